The Labute approximate surface area is 136 Å². The van der Waals surface area contributed by atoms with Gasteiger partial charge in [-0.3, -0.25) is 4.90 Å². The summed E-state index contributed by atoms with van der Waals surface area (Å²) < 4.78 is 35.0. The van der Waals surface area contributed by atoms with Crippen LogP contribution in [0.1, 0.15) is 18.4 Å². The van der Waals surface area contributed by atoms with Crippen LogP contribution in [0.5, 0.6) is 11.5 Å². The minimum Gasteiger partial charge on any atom is -0.493 e. The van der Waals surface area contributed by atoms with Crippen LogP contribution in [0.25, 0.3) is 0 Å². The van der Waals surface area contributed by atoms with E-state index < -0.39 is 6.61 Å². The average molecular weight is 337 g/mol. The van der Waals surface area contributed by atoms with Crippen molar-refractivity contribution < 1.29 is 18.3 Å². The molecule has 1 aliphatic heterocycles. The van der Waals surface area contributed by atoms with Gasteiger partial charge in [0.2, 0.25) is 0 Å². The van der Waals surface area contributed by atoms with Crippen LogP contribution in [0.2, 0.25) is 0 Å². The topological polar surface area (TPSA) is 33.7 Å². The number of likely N-dealkylation sites (tertiary alicyclic amines) is 1. The highest BCUT2D eigenvalue weighted by molar-refractivity contribution is 5.85. The van der Waals surface area contributed by atoms with E-state index >= 15 is 0 Å². The van der Waals surface area contributed by atoms with Crippen molar-refractivity contribution in [2.45, 2.75) is 32.0 Å². The van der Waals surface area contributed by atoms with Crippen molar-refractivity contribution in [1.29, 1.82) is 0 Å². The molecule has 0 saturated carbocycles. The second-order valence-corrected chi connectivity index (χ2v) is 5.19. The Hall–Kier alpha value is -1.11. The monoisotopic (exact) mass is 336 g/mol. The average Bonchev–Trinajstić information content (AvgIpc) is 2.48. The summed E-state index contributed by atoms with van der Waals surface area (Å²) >= 11 is 0. The quantitative estimate of drug-likeness (QED) is 0.866. The number of methoxy groups -OCH3 is 1. The number of ether oxygens (including phenoxy) is 2. The highest BCUT2D eigenvalue weighted by atomic mass is 35.5. The zero-order valence-corrected chi connectivity index (χ0v) is 13.7. The van der Waals surface area contributed by atoms with Crippen molar-refractivity contribution in [2.24, 2.45) is 0 Å². The highest BCUT2D eigenvalue weighted by Gasteiger charge is 2.21. The van der Waals surface area contributed by atoms with Gasteiger partial charge >= 0.3 is 6.61 Å². The van der Waals surface area contributed by atoms with Crippen LogP contribution in [0.4, 0.5) is 8.78 Å². The molecule has 0 radical (unpaired) electrons. The maximum Gasteiger partial charge on any atom is 0.387 e. The summed E-state index contributed by atoms with van der Waals surface area (Å²) in [7, 11) is 3.40. The van der Waals surface area contributed by atoms with Crippen LogP contribution in [0.15, 0.2) is 18.2 Å². The predicted molar refractivity (Wildman–Crippen MR) is 84.2 cm³/mol. The number of nitrogens with one attached hydrogen (secondary N) is 1. The summed E-state index contributed by atoms with van der Waals surface area (Å²) in [4.78, 5) is 2.25. The van der Waals surface area contributed by atoms with E-state index in [9.17, 15) is 8.78 Å². The number of piperidine rings is 1. The van der Waals surface area contributed by atoms with Crippen LogP contribution in [0, 0.1) is 0 Å². The van der Waals surface area contributed by atoms with Gasteiger partial charge in [0.05, 0.1) is 7.11 Å². The molecule has 1 aromatic rings. The first-order valence-electron chi connectivity index (χ1n) is 7.14. The van der Waals surface area contributed by atoms with E-state index in [0.29, 0.717) is 18.3 Å². The number of rotatable bonds is 6. The lowest BCUT2D eigenvalue weighted by molar-refractivity contribution is -0.0522. The van der Waals surface area contributed by atoms with Crippen molar-refractivity contribution in [3.63, 3.8) is 0 Å². The SMILES string of the molecule is CNC1CCCN(Cc2cccc(OC)c2OC(F)F)C1.Cl. The van der Waals surface area contributed by atoms with Crippen molar-refractivity contribution >= 4 is 12.4 Å². The smallest absolute Gasteiger partial charge is 0.387 e. The summed E-state index contributed by atoms with van der Waals surface area (Å²) in [5.74, 6) is 0.483. The summed E-state index contributed by atoms with van der Waals surface area (Å²) in [6.45, 7) is -0.408. The Bertz CT molecular complexity index is 463. The van der Waals surface area contributed by atoms with Gasteiger partial charge in [0.1, 0.15) is 0 Å². The van der Waals surface area contributed by atoms with E-state index in [0.717, 1.165) is 31.5 Å². The standard InChI is InChI=1S/C15H22F2N2O2.ClH/c1-18-12-6-4-8-19(10-12)9-11-5-3-7-13(20-2)14(11)21-15(16)17;/h3,5,7,12,15,18H,4,6,8-10H2,1-2H3;1H. The molecule has 1 heterocycles. The lowest BCUT2D eigenvalue weighted by atomic mass is 10.0. The van der Waals surface area contributed by atoms with E-state index in [1.54, 1.807) is 12.1 Å². The molecule has 2 rings (SSSR count). The maximum absolute atomic E-state index is 12.6. The number of hydrogen-bond donors (Lipinski definition) is 1. The summed E-state index contributed by atoms with van der Waals surface area (Å²) in [5.41, 5.74) is 0.728. The first-order valence-corrected chi connectivity index (χ1v) is 7.14. The van der Waals surface area contributed by atoms with Gasteiger partial charge in [-0.2, -0.15) is 8.78 Å². The molecule has 0 amide bonds. The second-order valence-electron chi connectivity index (χ2n) is 5.19. The zero-order valence-electron chi connectivity index (χ0n) is 12.9. The molecule has 1 N–H and O–H groups in total. The van der Waals surface area contributed by atoms with Gasteiger partial charge in [0.15, 0.2) is 11.5 Å². The fraction of sp³-hybridized carbons (Fsp3) is 0.600. The number of likely N-dealkylation sites (N-methyl/N-ethyl adjacent to an activating group) is 1. The van der Waals surface area contributed by atoms with E-state index in [2.05, 4.69) is 15.0 Å². The molecule has 22 heavy (non-hydrogen) atoms. The first kappa shape index (κ1) is 18.9. The van der Waals surface area contributed by atoms with Gasteiger partial charge in [-0.25, -0.2) is 0 Å². The second kappa shape index (κ2) is 9.12. The van der Waals surface area contributed by atoms with E-state index in [1.807, 2.05) is 13.1 Å². The fourth-order valence-corrected chi connectivity index (χ4v) is 2.75. The van der Waals surface area contributed by atoms with Crippen LogP contribution in [0.3, 0.4) is 0 Å². The summed E-state index contributed by atoms with van der Waals surface area (Å²) in [6, 6.07) is 5.69. The largest absolute Gasteiger partial charge is 0.493 e. The zero-order chi connectivity index (χ0) is 15.2. The first-order chi connectivity index (χ1) is 10.1. The van der Waals surface area contributed by atoms with Crippen molar-refractivity contribution in [1.82, 2.24) is 10.2 Å². The minimum absolute atomic E-state index is 0. The molecule has 0 aliphatic carbocycles. The van der Waals surface area contributed by atoms with Crippen LogP contribution in [-0.2, 0) is 6.54 Å². The van der Waals surface area contributed by atoms with E-state index in [4.69, 9.17) is 4.74 Å². The van der Waals surface area contributed by atoms with Crippen molar-refractivity contribution in [2.75, 3.05) is 27.2 Å². The van der Waals surface area contributed by atoms with Crippen molar-refractivity contribution in [3.05, 3.63) is 23.8 Å². The van der Waals surface area contributed by atoms with Gasteiger partial charge in [0.25, 0.3) is 0 Å². The normalized spacial score (nSPS) is 18.9. The molecule has 1 atom stereocenters. The fourth-order valence-electron chi connectivity index (χ4n) is 2.75. The molecular formula is C15H23ClF2N2O2. The number of halogens is 3. The summed E-state index contributed by atoms with van der Waals surface area (Å²) in [5, 5.41) is 3.27. The molecule has 0 aromatic heterocycles. The summed E-state index contributed by atoms with van der Waals surface area (Å²) in [6.07, 6.45) is 2.24. The van der Waals surface area contributed by atoms with Gasteiger partial charge in [-0.05, 0) is 32.5 Å². The van der Waals surface area contributed by atoms with E-state index in [1.165, 1.54) is 7.11 Å². The molecule has 0 bridgehead atoms. The van der Waals surface area contributed by atoms with Gasteiger partial charge in [-0.1, -0.05) is 12.1 Å². The molecule has 126 valence electrons. The predicted octanol–water partition coefficient (Wildman–Crippen LogP) is 2.90. The van der Waals surface area contributed by atoms with Gasteiger partial charge in [0, 0.05) is 24.7 Å². The third-order valence-electron chi connectivity index (χ3n) is 3.80. The third-order valence-corrected chi connectivity index (χ3v) is 3.80. The molecule has 1 saturated heterocycles. The molecule has 1 aliphatic rings. The van der Waals surface area contributed by atoms with Crippen LogP contribution in [-0.4, -0.2) is 44.8 Å². The van der Waals surface area contributed by atoms with Crippen LogP contribution < -0.4 is 14.8 Å². The number of para-hydroxylation sites is 1. The lowest BCUT2D eigenvalue weighted by Gasteiger charge is -2.33. The highest BCUT2D eigenvalue weighted by Crippen LogP contribution is 2.33. The Kier molecular flexibility index (Phi) is 7.85. The molecular weight excluding hydrogens is 314 g/mol. The third kappa shape index (κ3) is 4.97. The number of benzene rings is 1. The molecule has 1 unspecified atom stereocenters. The molecule has 1 fully saturated rings. The number of alkyl halides is 2. The Morgan fingerprint density at radius 3 is 2.82 bits per heavy atom. The number of nitrogens with zero attached hydrogens (tertiary/aromatic N) is 1. The Morgan fingerprint density at radius 2 is 2.18 bits per heavy atom. The molecule has 4 nitrogen and oxygen atoms in total. The van der Waals surface area contributed by atoms with Gasteiger partial charge in [-0.15, -0.1) is 12.4 Å². The Morgan fingerprint density at radius 1 is 1.41 bits per heavy atom. The van der Waals surface area contributed by atoms with E-state index in [-0.39, 0.29) is 18.2 Å². The number of hydrogen-bond acceptors (Lipinski definition) is 4. The van der Waals surface area contributed by atoms with Crippen molar-refractivity contribution in [3.8, 4) is 11.5 Å². The van der Waals surface area contributed by atoms with Crippen LogP contribution >= 0.6 is 12.4 Å². The van der Waals surface area contributed by atoms with Gasteiger partial charge < -0.3 is 14.8 Å². The molecule has 7 heteroatoms. The minimum atomic E-state index is -2.86. The lowest BCUT2D eigenvalue weighted by Crippen LogP contribution is -2.43. The Balaban J connectivity index is 0.00000242. The molecule has 0 spiro atoms. The maximum atomic E-state index is 12.6. The molecule has 1 aromatic carbocycles.